The number of hydrogen-bond donors (Lipinski definition) is 2. The van der Waals surface area contributed by atoms with E-state index < -0.39 is 0 Å². The summed E-state index contributed by atoms with van der Waals surface area (Å²) >= 11 is 0. The lowest BCUT2D eigenvalue weighted by molar-refractivity contribution is 0.128. The second-order valence-electron chi connectivity index (χ2n) is 5.99. The lowest BCUT2D eigenvalue weighted by atomic mass is 9.87. The molecule has 0 aliphatic carbocycles. The zero-order chi connectivity index (χ0) is 13.6. The SMILES string of the molecule is CCc1ccc(CNCC(C)(C)CC(C)O)cc1. The van der Waals surface area contributed by atoms with E-state index in [9.17, 15) is 5.11 Å². The van der Waals surface area contributed by atoms with E-state index in [1.165, 1.54) is 11.1 Å². The number of rotatable bonds is 7. The summed E-state index contributed by atoms with van der Waals surface area (Å²) < 4.78 is 0. The van der Waals surface area contributed by atoms with E-state index in [1.807, 2.05) is 6.92 Å². The van der Waals surface area contributed by atoms with Crippen molar-refractivity contribution in [3.63, 3.8) is 0 Å². The van der Waals surface area contributed by atoms with Gasteiger partial charge in [-0.2, -0.15) is 0 Å². The highest BCUT2D eigenvalue weighted by molar-refractivity contribution is 5.22. The molecular weight excluding hydrogens is 222 g/mol. The molecule has 0 aliphatic rings. The molecule has 0 heterocycles. The molecule has 1 aromatic carbocycles. The zero-order valence-electron chi connectivity index (χ0n) is 12.2. The Bertz CT molecular complexity index is 341. The van der Waals surface area contributed by atoms with Crippen molar-refractivity contribution in [2.45, 2.75) is 53.2 Å². The lowest BCUT2D eigenvalue weighted by Gasteiger charge is -2.26. The van der Waals surface area contributed by atoms with Crippen molar-refractivity contribution in [1.82, 2.24) is 5.32 Å². The van der Waals surface area contributed by atoms with Gasteiger partial charge >= 0.3 is 0 Å². The molecule has 2 N–H and O–H groups in total. The van der Waals surface area contributed by atoms with Gasteiger partial charge in [0.05, 0.1) is 6.10 Å². The van der Waals surface area contributed by atoms with E-state index >= 15 is 0 Å². The fourth-order valence-electron chi connectivity index (χ4n) is 2.31. The fraction of sp³-hybridized carbons (Fsp3) is 0.625. The van der Waals surface area contributed by atoms with Crippen LogP contribution in [0, 0.1) is 5.41 Å². The van der Waals surface area contributed by atoms with E-state index in [0.29, 0.717) is 0 Å². The lowest BCUT2D eigenvalue weighted by Crippen LogP contribution is -2.31. The standard InChI is InChI=1S/C16H27NO/c1-5-14-6-8-15(9-7-14)11-17-12-16(3,4)10-13(2)18/h6-9,13,17-18H,5,10-12H2,1-4H3. The zero-order valence-corrected chi connectivity index (χ0v) is 12.2. The molecule has 0 spiro atoms. The number of aryl methyl sites for hydroxylation is 1. The van der Waals surface area contributed by atoms with Gasteiger partial charge in [0.25, 0.3) is 0 Å². The third-order valence-electron chi connectivity index (χ3n) is 3.21. The number of hydrogen-bond acceptors (Lipinski definition) is 2. The molecule has 1 aromatic rings. The van der Waals surface area contributed by atoms with E-state index in [1.54, 1.807) is 0 Å². The molecule has 1 unspecified atom stereocenters. The van der Waals surface area contributed by atoms with Crippen molar-refractivity contribution in [3.05, 3.63) is 35.4 Å². The van der Waals surface area contributed by atoms with Crippen LogP contribution < -0.4 is 5.32 Å². The predicted octanol–water partition coefficient (Wildman–Crippen LogP) is 3.14. The Morgan fingerprint density at radius 1 is 1.17 bits per heavy atom. The van der Waals surface area contributed by atoms with Crippen molar-refractivity contribution in [2.75, 3.05) is 6.54 Å². The molecule has 0 saturated heterocycles. The highest BCUT2D eigenvalue weighted by Crippen LogP contribution is 2.21. The molecule has 2 heteroatoms. The first-order valence-electron chi connectivity index (χ1n) is 6.89. The van der Waals surface area contributed by atoms with Crippen LogP contribution in [-0.4, -0.2) is 17.8 Å². The Kier molecular flexibility index (Phi) is 5.83. The van der Waals surface area contributed by atoms with Crippen LogP contribution >= 0.6 is 0 Å². The summed E-state index contributed by atoms with van der Waals surface area (Å²) in [6.45, 7) is 10.2. The van der Waals surface area contributed by atoms with Crippen LogP contribution in [0.2, 0.25) is 0 Å². The second-order valence-corrected chi connectivity index (χ2v) is 5.99. The number of aliphatic hydroxyl groups excluding tert-OH is 1. The number of benzene rings is 1. The van der Waals surface area contributed by atoms with Crippen LogP contribution in [0.1, 0.15) is 45.2 Å². The third-order valence-corrected chi connectivity index (χ3v) is 3.21. The Balaban J connectivity index is 2.36. The summed E-state index contributed by atoms with van der Waals surface area (Å²) in [5.74, 6) is 0. The van der Waals surface area contributed by atoms with Gasteiger partial charge in [-0.3, -0.25) is 0 Å². The first kappa shape index (κ1) is 15.2. The van der Waals surface area contributed by atoms with Crippen LogP contribution in [0.4, 0.5) is 0 Å². The van der Waals surface area contributed by atoms with Crippen molar-refractivity contribution in [3.8, 4) is 0 Å². The topological polar surface area (TPSA) is 32.3 Å². The maximum Gasteiger partial charge on any atom is 0.0517 e. The van der Waals surface area contributed by atoms with Gasteiger partial charge in [-0.25, -0.2) is 0 Å². The average Bonchev–Trinajstić information content (AvgIpc) is 2.28. The smallest absolute Gasteiger partial charge is 0.0517 e. The number of aliphatic hydroxyl groups is 1. The normalized spacial score (nSPS) is 13.6. The average molecular weight is 249 g/mol. The van der Waals surface area contributed by atoms with Crippen molar-refractivity contribution in [1.29, 1.82) is 0 Å². The minimum absolute atomic E-state index is 0.136. The molecule has 2 nitrogen and oxygen atoms in total. The number of nitrogens with one attached hydrogen (secondary N) is 1. The van der Waals surface area contributed by atoms with Gasteiger partial charge in [0.15, 0.2) is 0 Å². The molecule has 0 radical (unpaired) electrons. The van der Waals surface area contributed by atoms with Gasteiger partial charge in [-0.1, -0.05) is 45.0 Å². The first-order valence-corrected chi connectivity index (χ1v) is 6.89. The van der Waals surface area contributed by atoms with Crippen molar-refractivity contribution < 1.29 is 5.11 Å². The Morgan fingerprint density at radius 2 is 1.72 bits per heavy atom. The van der Waals surface area contributed by atoms with Gasteiger partial charge < -0.3 is 10.4 Å². The highest BCUT2D eigenvalue weighted by atomic mass is 16.3. The first-order chi connectivity index (χ1) is 8.43. The van der Waals surface area contributed by atoms with Gasteiger partial charge in [0.1, 0.15) is 0 Å². The Hall–Kier alpha value is -0.860. The summed E-state index contributed by atoms with van der Waals surface area (Å²) in [6.07, 6.45) is 1.69. The molecular formula is C16H27NO. The molecule has 0 bridgehead atoms. The van der Waals surface area contributed by atoms with E-state index in [2.05, 4.69) is 50.4 Å². The largest absolute Gasteiger partial charge is 0.393 e. The van der Waals surface area contributed by atoms with E-state index in [0.717, 1.165) is 25.9 Å². The maximum atomic E-state index is 9.43. The quantitative estimate of drug-likeness (QED) is 0.778. The fourth-order valence-corrected chi connectivity index (χ4v) is 2.31. The molecule has 0 fully saturated rings. The minimum atomic E-state index is -0.231. The van der Waals surface area contributed by atoms with Crippen LogP contribution in [0.5, 0.6) is 0 Å². The molecule has 102 valence electrons. The summed E-state index contributed by atoms with van der Waals surface area (Å²) in [4.78, 5) is 0. The molecule has 0 saturated carbocycles. The summed E-state index contributed by atoms with van der Waals surface area (Å²) in [5.41, 5.74) is 2.84. The van der Waals surface area contributed by atoms with E-state index in [-0.39, 0.29) is 11.5 Å². The predicted molar refractivity (Wildman–Crippen MR) is 77.6 cm³/mol. The third kappa shape index (κ3) is 5.65. The van der Waals surface area contributed by atoms with Crippen molar-refractivity contribution in [2.24, 2.45) is 5.41 Å². The van der Waals surface area contributed by atoms with Crippen LogP contribution in [0.15, 0.2) is 24.3 Å². The molecule has 1 rings (SSSR count). The minimum Gasteiger partial charge on any atom is -0.393 e. The Labute approximate surface area is 111 Å². The van der Waals surface area contributed by atoms with E-state index in [4.69, 9.17) is 0 Å². The highest BCUT2D eigenvalue weighted by Gasteiger charge is 2.19. The van der Waals surface area contributed by atoms with Crippen LogP contribution in [0.3, 0.4) is 0 Å². The van der Waals surface area contributed by atoms with Gasteiger partial charge in [-0.05, 0) is 36.3 Å². The molecule has 1 atom stereocenters. The monoisotopic (exact) mass is 249 g/mol. The second kappa shape index (κ2) is 6.91. The maximum absolute atomic E-state index is 9.43. The summed E-state index contributed by atoms with van der Waals surface area (Å²) in [7, 11) is 0. The van der Waals surface area contributed by atoms with Crippen LogP contribution in [-0.2, 0) is 13.0 Å². The molecule has 0 aliphatic heterocycles. The summed E-state index contributed by atoms with van der Waals surface area (Å²) in [5, 5.41) is 12.9. The van der Waals surface area contributed by atoms with Gasteiger partial charge in [0.2, 0.25) is 0 Å². The van der Waals surface area contributed by atoms with Gasteiger partial charge in [-0.15, -0.1) is 0 Å². The summed E-state index contributed by atoms with van der Waals surface area (Å²) in [6, 6.07) is 8.76. The molecule has 18 heavy (non-hydrogen) atoms. The molecule has 0 aromatic heterocycles. The molecule has 0 amide bonds. The Morgan fingerprint density at radius 3 is 2.22 bits per heavy atom. The van der Waals surface area contributed by atoms with Gasteiger partial charge in [0, 0.05) is 13.1 Å². The van der Waals surface area contributed by atoms with Crippen molar-refractivity contribution >= 4 is 0 Å². The van der Waals surface area contributed by atoms with Crippen LogP contribution in [0.25, 0.3) is 0 Å².